The van der Waals surface area contributed by atoms with Crippen LogP contribution < -0.4 is 10.1 Å². The number of aliphatic hydroxyl groups is 1. The minimum Gasteiger partial charge on any atom is -0.496 e. The second-order valence-corrected chi connectivity index (χ2v) is 4.60. The molecular weight excluding hydrogens is 214 g/mol. The Balaban J connectivity index is 3.07. The van der Waals surface area contributed by atoms with Gasteiger partial charge in [0.25, 0.3) is 0 Å². The molecule has 0 amide bonds. The summed E-state index contributed by atoms with van der Waals surface area (Å²) in [4.78, 5) is 0. The molecule has 0 heterocycles. The first kappa shape index (κ1) is 14.0. The van der Waals surface area contributed by atoms with Crippen LogP contribution in [0.25, 0.3) is 0 Å². The van der Waals surface area contributed by atoms with Gasteiger partial charge in [-0.25, -0.2) is 0 Å². The summed E-state index contributed by atoms with van der Waals surface area (Å²) >= 11 is 0. The maximum absolute atomic E-state index is 9.54. The summed E-state index contributed by atoms with van der Waals surface area (Å²) < 4.78 is 5.38. The monoisotopic (exact) mass is 237 g/mol. The van der Waals surface area contributed by atoms with E-state index in [1.54, 1.807) is 7.11 Å². The summed E-state index contributed by atoms with van der Waals surface area (Å²) in [6, 6.07) is 8.06. The predicted molar refractivity (Wildman–Crippen MR) is 70.2 cm³/mol. The maximum atomic E-state index is 9.54. The highest BCUT2D eigenvalue weighted by Crippen LogP contribution is 2.33. The van der Waals surface area contributed by atoms with E-state index in [0.717, 1.165) is 11.3 Å². The third-order valence-electron chi connectivity index (χ3n) is 3.28. The highest BCUT2D eigenvalue weighted by atomic mass is 16.5. The topological polar surface area (TPSA) is 41.5 Å². The van der Waals surface area contributed by atoms with E-state index in [4.69, 9.17) is 4.74 Å². The smallest absolute Gasteiger partial charge is 0.123 e. The normalized spacial score (nSPS) is 14.7. The van der Waals surface area contributed by atoms with Gasteiger partial charge >= 0.3 is 0 Å². The largest absolute Gasteiger partial charge is 0.496 e. The average molecular weight is 237 g/mol. The Bertz CT molecular complexity index is 339. The van der Waals surface area contributed by atoms with Crippen LogP contribution in [0.15, 0.2) is 24.3 Å². The zero-order valence-electron chi connectivity index (χ0n) is 11.1. The lowest BCUT2D eigenvalue weighted by Crippen LogP contribution is -2.31. The molecule has 96 valence electrons. The summed E-state index contributed by atoms with van der Waals surface area (Å²) in [6.07, 6.45) is 0. The Labute approximate surface area is 104 Å². The fourth-order valence-electron chi connectivity index (χ4n) is 2.22. The van der Waals surface area contributed by atoms with Crippen LogP contribution in [0.2, 0.25) is 0 Å². The zero-order valence-corrected chi connectivity index (χ0v) is 11.1. The average Bonchev–Trinajstić information content (AvgIpc) is 2.35. The fourth-order valence-corrected chi connectivity index (χ4v) is 2.22. The van der Waals surface area contributed by atoms with Gasteiger partial charge in [0.2, 0.25) is 0 Å². The van der Waals surface area contributed by atoms with Crippen LogP contribution in [0.1, 0.15) is 25.5 Å². The molecule has 0 saturated heterocycles. The van der Waals surface area contributed by atoms with Gasteiger partial charge in [-0.15, -0.1) is 0 Å². The Hall–Kier alpha value is -1.06. The summed E-state index contributed by atoms with van der Waals surface area (Å²) in [7, 11) is 3.59. The SMILES string of the molecule is CNC(c1ccccc1OC)C(CO)C(C)C. The van der Waals surface area contributed by atoms with Crippen LogP contribution in [0, 0.1) is 11.8 Å². The van der Waals surface area contributed by atoms with E-state index in [2.05, 4.69) is 19.2 Å². The van der Waals surface area contributed by atoms with Crippen molar-refractivity contribution in [3.63, 3.8) is 0 Å². The van der Waals surface area contributed by atoms with E-state index < -0.39 is 0 Å². The number of para-hydroxylation sites is 1. The molecule has 3 nitrogen and oxygen atoms in total. The number of ether oxygens (including phenoxy) is 1. The van der Waals surface area contributed by atoms with Crippen molar-refractivity contribution in [2.45, 2.75) is 19.9 Å². The van der Waals surface area contributed by atoms with Crippen LogP contribution in [0.3, 0.4) is 0 Å². The highest BCUT2D eigenvalue weighted by molar-refractivity contribution is 5.36. The van der Waals surface area contributed by atoms with Crippen LogP contribution in [0.4, 0.5) is 0 Å². The van der Waals surface area contributed by atoms with E-state index in [1.807, 2.05) is 31.3 Å². The number of aliphatic hydroxyl groups excluding tert-OH is 1. The first-order chi connectivity index (χ1) is 8.15. The number of rotatable bonds is 6. The Kier molecular flexibility index (Phi) is 5.45. The number of nitrogens with one attached hydrogen (secondary N) is 1. The molecule has 0 saturated carbocycles. The number of methoxy groups -OCH3 is 1. The molecule has 0 fully saturated rings. The molecule has 1 aromatic rings. The lowest BCUT2D eigenvalue weighted by Gasteiger charge is -2.29. The van der Waals surface area contributed by atoms with Crippen molar-refractivity contribution in [2.75, 3.05) is 20.8 Å². The van der Waals surface area contributed by atoms with Gasteiger partial charge in [-0.05, 0) is 19.0 Å². The third-order valence-corrected chi connectivity index (χ3v) is 3.28. The van der Waals surface area contributed by atoms with Crippen LogP contribution in [-0.4, -0.2) is 25.9 Å². The second-order valence-electron chi connectivity index (χ2n) is 4.60. The van der Waals surface area contributed by atoms with Gasteiger partial charge in [-0.2, -0.15) is 0 Å². The van der Waals surface area contributed by atoms with Crippen molar-refractivity contribution < 1.29 is 9.84 Å². The van der Waals surface area contributed by atoms with E-state index in [1.165, 1.54) is 0 Å². The lowest BCUT2D eigenvalue weighted by atomic mass is 9.85. The number of hydrogen-bond acceptors (Lipinski definition) is 3. The van der Waals surface area contributed by atoms with Gasteiger partial charge < -0.3 is 15.2 Å². The molecule has 17 heavy (non-hydrogen) atoms. The number of hydrogen-bond donors (Lipinski definition) is 2. The summed E-state index contributed by atoms with van der Waals surface area (Å²) in [5, 5.41) is 12.8. The first-order valence-electron chi connectivity index (χ1n) is 6.06. The second kappa shape index (κ2) is 6.62. The van der Waals surface area contributed by atoms with Gasteiger partial charge in [0.1, 0.15) is 5.75 Å². The molecular formula is C14H23NO2. The summed E-state index contributed by atoms with van der Waals surface area (Å²) in [5.41, 5.74) is 1.10. The fraction of sp³-hybridized carbons (Fsp3) is 0.571. The van der Waals surface area contributed by atoms with Crippen molar-refractivity contribution in [3.8, 4) is 5.75 Å². The van der Waals surface area contributed by atoms with Crippen molar-refractivity contribution in [3.05, 3.63) is 29.8 Å². The molecule has 0 aliphatic carbocycles. The van der Waals surface area contributed by atoms with E-state index in [0.29, 0.717) is 5.92 Å². The molecule has 0 spiro atoms. The van der Waals surface area contributed by atoms with E-state index in [9.17, 15) is 5.11 Å². The minimum absolute atomic E-state index is 0.108. The predicted octanol–water partition coefficient (Wildman–Crippen LogP) is 2.22. The van der Waals surface area contributed by atoms with E-state index >= 15 is 0 Å². The molecule has 1 rings (SSSR count). The molecule has 2 unspecified atom stereocenters. The Morgan fingerprint density at radius 2 is 1.94 bits per heavy atom. The first-order valence-corrected chi connectivity index (χ1v) is 6.06. The molecule has 3 heteroatoms. The standard InChI is InChI=1S/C14H23NO2/c1-10(2)12(9-16)14(15-3)11-7-5-6-8-13(11)17-4/h5-8,10,12,14-16H,9H2,1-4H3. The molecule has 2 N–H and O–H groups in total. The Morgan fingerprint density at radius 3 is 2.41 bits per heavy atom. The van der Waals surface area contributed by atoms with Crippen molar-refractivity contribution in [1.82, 2.24) is 5.32 Å². The minimum atomic E-state index is 0.108. The Morgan fingerprint density at radius 1 is 1.29 bits per heavy atom. The molecule has 0 bridgehead atoms. The molecule has 0 aliphatic heterocycles. The van der Waals surface area contributed by atoms with Crippen molar-refractivity contribution in [2.24, 2.45) is 11.8 Å². The van der Waals surface area contributed by atoms with E-state index in [-0.39, 0.29) is 18.6 Å². The van der Waals surface area contributed by atoms with Gasteiger partial charge in [0, 0.05) is 24.1 Å². The van der Waals surface area contributed by atoms with Crippen molar-refractivity contribution in [1.29, 1.82) is 0 Å². The molecule has 1 aromatic carbocycles. The van der Waals surface area contributed by atoms with Crippen LogP contribution in [0.5, 0.6) is 5.75 Å². The molecule has 2 atom stereocenters. The molecule has 0 aromatic heterocycles. The van der Waals surface area contributed by atoms with Gasteiger partial charge in [-0.3, -0.25) is 0 Å². The van der Waals surface area contributed by atoms with Gasteiger partial charge in [-0.1, -0.05) is 32.0 Å². The maximum Gasteiger partial charge on any atom is 0.123 e. The zero-order chi connectivity index (χ0) is 12.8. The molecule has 0 aliphatic rings. The van der Waals surface area contributed by atoms with Gasteiger partial charge in [0.15, 0.2) is 0 Å². The van der Waals surface area contributed by atoms with Gasteiger partial charge in [0.05, 0.1) is 7.11 Å². The highest BCUT2D eigenvalue weighted by Gasteiger charge is 2.26. The third kappa shape index (κ3) is 3.20. The quantitative estimate of drug-likeness (QED) is 0.797. The summed E-state index contributed by atoms with van der Waals surface area (Å²) in [5.74, 6) is 1.45. The van der Waals surface area contributed by atoms with Crippen LogP contribution in [-0.2, 0) is 0 Å². The summed E-state index contributed by atoms with van der Waals surface area (Å²) in [6.45, 7) is 4.42. The molecule has 0 radical (unpaired) electrons. The number of benzene rings is 1. The van der Waals surface area contributed by atoms with Crippen molar-refractivity contribution >= 4 is 0 Å². The van der Waals surface area contributed by atoms with Crippen LogP contribution >= 0.6 is 0 Å². The lowest BCUT2D eigenvalue weighted by molar-refractivity contribution is 0.153.